The van der Waals surface area contributed by atoms with Gasteiger partial charge in [0.1, 0.15) is 0 Å². The molecule has 0 saturated heterocycles. The van der Waals surface area contributed by atoms with Crippen LogP contribution in [0.1, 0.15) is 58.7 Å². The lowest BCUT2D eigenvalue weighted by molar-refractivity contribution is 0.271. The van der Waals surface area contributed by atoms with Gasteiger partial charge in [-0.1, -0.05) is 39.8 Å². The van der Waals surface area contributed by atoms with Crippen molar-refractivity contribution in [2.24, 2.45) is 11.7 Å². The average Bonchev–Trinajstić information content (AvgIpc) is 2.65. The largest absolute Gasteiger partial charge is 0.339 e. The van der Waals surface area contributed by atoms with Crippen molar-refractivity contribution in [2.45, 2.75) is 52.5 Å². The number of nitrogens with two attached hydrogens (primary N) is 1. The van der Waals surface area contributed by atoms with Gasteiger partial charge in [0.15, 0.2) is 5.82 Å². The zero-order valence-electron chi connectivity index (χ0n) is 10.2. The lowest BCUT2D eigenvalue weighted by Gasteiger charge is -2.28. The molecule has 0 radical (unpaired) electrons. The van der Waals surface area contributed by atoms with Gasteiger partial charge in [0.05, 0.1) is 5.54 Å². The Morgan fingerprint density at radius 2 is 1.93 bits per heavy atom. The van der Waals surface area contributed by atoms with Crippen molar-refractivity contribution in [1.29, 1.82) is 0 Å². The molecule has 0 saturated carbocycles. The van der Waals surface area contributed by atoms with E-state index in [9.17, 15) is 0 Å². The van der Waals surface area contributed by atoms with Crippen LogP contribution in [-0.2, 0) is 5.54 Å². The summed E-state index contributed by atoms with van der Waals surface area (Å²) >= 11 is 0. The molecule has 0 aromatic carbocycles. The van der Waals surface area contributed by atoms with E-state index in [2.05, 4.69) is 24.0 Å². The van der Waals surface area contributed by atoms with E-state index < -0.39 is 5.54 Å². The Balaban J connectivity index is 3.03. The van der Waals surface area contributed by atoms with E-state index in [1.807, 2.05) is 20.8 Å². The molecule has 0 aliphatic heterocycles. The van der Waals surface area contributed by atoms with Gasteiger partial charge < -0.3 is 10.3 Å². The van der Waals surface area contributed by atoms with Crippen LogP contribution in [-0.4, -0.2) is 10.1 Å². The molecule has 1 aromatic rings. The lowest BCUT2D eigenvalue weighted by Crippen LogP contribution is -2.42. The minimum Gasteiger partial charge on any atom is -0.339 e. The second kappa shape index (κ2) is 4.31. The highest BCUT2D eigenvalue weighted by atomic mass is 16.5. The summed E-state index contributed by atoms with van der Waals surface area (Å²) in [7, 11) is 0. The summed E-state index contributed by atoms with van der Waals surface area (Å²) in [6.45, 7) is 10.3. The summed E-state index contributed by atoms with van der Waals surface area (Å²) in [6.07, 6.45) is 0.807. The van der Waals surface area contributed by atoms with Gasteiger partial charge in [0.2, 0.25) is 5.89 Å². The highest BCUT2D eigenvalue weighted by molar-refractivity contribution is 5.06. The van der Waals surface area contributed by atoms with Gasteiger partial charge in [-0.3, -0.25) is 0 Å². The fourth-order valence-corrected chi connectivity index (χ4v) is 1.48. The first kappa shape index (κ1) is 12.2. The van der Waals surface area contributed by atoms with E-state index in [4.69, 9.17) is 10.3 Å². The SMILES string of the molecule is CCC(N)(c1noc(C(C)C)n1)C(C)C. The summed E-state index contributed by atoms with van der Waals surface area (Å²) in [6, 6.07) is 0. The van der Waals surface area contributed by atoms with Gasteiger partial charge in [0, 0.05) is 5.92 Å². The molecule has 0 aliphatic rings. The predicted octanol–water partition coefficient (Wildman–Crippen LogP) is 2.41. The summed E-state index contributed by atoms with van der Waals surface area (Å²) in [5.74, 6) is 1.83. The third-order valence-corrected chi connectivity index (χ3v) is 2.97. The molecule has 1 atom stereocenters. The Hall–Kier alpha value is -0.900. The molecular formula is C11H21N3O. The molecule has 86 valence electrons. The van der Waals surface area contributed by atoms with Gasteiger partial charge in [-0.2, -0.15) is 4.98 Å². The molecule has 4 nitrogen and oxygen atoms in total. The highest BCUT2D eigenvalue weighted by Gasteiger charge is 2.34. The third kappa shape index (κ3) is 2.20. The zero-order chi connectivity index (χ0) is 11.6. The van der Waals surface area contributed by atoms with Gasteiger partial charge in [-0.15, -0.1) is 0 Å². The molecule has 0 aliphatic carbocycles. The van der Waals surface area contributed by atoms with Crippen LogP contribution in [0.5, 0.6) is 0 Å². The van der Waals surface area contributed by atoms with Crippen LogP contribution in [0.3, 0.4) is 0 Å². The average molecular weight is 211 g/mol. The Morgan fingerprint density at radius 3 is 2.27 bits per heavy atom. The molecule has 0 fully saturated rings. The first-order valence-corrected chi connectivity index (χ1v) is 5.54. The highest BCUT2D eigenvalue weighted by Crippen LogP contribution is 2.28. The van der Waals surface area contributed by atoms with E-state index >= 15 is 0 Å². The lowest BCUT2D eigenvalue weighted by atomic mass is 9.84. The van der Waals surface area contributed by atoms with E-state index in [1.54, 1.807) is 0 Å². The Labute approximate surface area is 91.2 Å². The maximum atomic E-state index is 6.29. The molecule has 1 heterocycles. The molecule has 2 N–H and O–H groups in total. The normalized spacial score (nSPS) is 16.0. The molecule has 15 heavy (non-hydrogen) atoms. The molecular weight excluding hydrogens is 190 g/mol. The van der Waals surface area contributed by atoms with E-state index in [-0.39, 0.29) is 5.92 Å². The van der Waals surface area contributed by atoms with E-state index in [1.165, 1.54) is 0 Å². The maximum Gasteiger partial charge on any atom is 0.229 e. The summed E-state index contributed by atoms with van der Waals surface area (Å²) < 4.78 is 5.18. The molecule has 1 unspecified atom stereocenters. The van der Waals surface area contributed by atoms with Gasteiger partial charge in [-0.25, -0.2) is 0 Å². The van der Waals surface area contributed by atoms with Crippen LogP contribution in [0.25, 0.3) is 0 Å². The van der Waals surface area contributed by atoms with Crippen LogP contribution in [0.4, 0.5) is 0 Å². The second-order valence-corrected chi connectivity index (χ2v) is 4.66. The molecule has 1 rings (SSSR count). The minimum absolute atomic E-state index is 0.250. The van der Waals surface area contributed by atoms with Gasteiger partial charge in [0.25, 0.3) is 0 Å². The Morgan fingerprint density at radius 1 is 1.33 bits per heavy atom. The first-order chi connectivity index (χ1) is 6.91. The molecule has 0 bridgehead atoms. The fourth-order valence-electron chi connectivity index (χ4n) is 1.48. The first-order valence-electron chi connectivity index (χ1n) is 5.54. The van der Waals surface area contributed by atoms with Crippen molar-refractivity contribution >= 4 is 0 Å². The van der Waals surface area contributed by atoms with Crippen molar-refractivity contribution in [2.75, 3.05) is 0 Å². The number of hydrogen-bond donors (Lipinski definition) is 1. The number of nitrogens with zero attached hydrogens (tertiary/aromatic N) is 2. The van der Waals surface area contributed by atoms with Crippen LogP contribution in [0.15, 0.2) is 4.52 Å². The second-order valence-electron chi connectivity index (χ2n) is 4.66. The smallest absolute Gasteiger partial charge is 0.229 e. The third-order valence-electron chi connectivity index (χ3n) is 2.97. The Bertz CT molecular complexity index is 319. The summed E-state index contributed by atoms with van der Waals surface area (Å²) in [4.78, 5) is 4.37. The van der Waals surface area contributed by atoms with Crippen molar-refractivity contribution < 1.29 is 4.52 Å². The van der Waals surface area contributed by atoms with Crippen molar-refractivity contribution in [3.05, 3.63) is 11.7 Å². The quantitative estimate of drug-likeness (QED) is 0.830. The van der Waals surface area contributed by atoms with E-state index in [0.717, 1.165) is 6.42 Å². The van der Waals surface area contributed by atoms with Crippen LogP contribution in [0, 0.1) is 5.92 Å². The fraction of sp³-hybridized carbons (Fsp3) is 0.818. The van der Waals surface area contributed by atoms with E-state index in [0.29, 0.717) is 17.6 Å². The number of rotatable bonds is 4. The van der Waals surface area contributed by atoms with Crippen molar-refractivity contribution in [3.8, 4) is 0 Å². The molecule has 0 amide bonds. The Kier molecular flexibility index (Phi) is 3.50. The monoisotopic (exact) mass is 211 g/mol. The zero-order valence-corrected chi connectivity index (χ0v) is 10.2. The van der Waals surface area contributed by atoms with Crippen molar-refractivity contribution in [1.82, 2.24) is 10.1 Å². The molecule has 0 spiro atoms. The molecule has 1 aromatic heterocycles. The van der Waals surface area contributed by atoms with Crippen LogP contribution < -0.4 is 5.73 Å². The topological polar surface area (TPSA) is 64.9 Å². The van der Waals surface area contributed by atoms with Crippen LogP contribution in [0.2, 0.25) is 0 Å². The summed E-state index contributed by atoms with van der Waals surface area (Å²) in [5, 5.41) is 3.99. The van der Waals surface area contributed by atoms with Crippen LogP contribution >= 0.6 is 0 Å². The minimum atomic E-state index is -0.476. The predicted molar refractivity (Wildman–Crippen MR) is 59.4 cm³/mol. The van der Waals surface area contributed by atoms with Gasteiger partial charge >= 0.3 is 0 Å². The van der Waals surface area contributed by atoms with Crippen molar-refractivity contribution in [3.63, 3.8) is 0 Å². The number of hydrogen-bond acceptors (Lipinski definition) is 4. The molecule has 4 heteroatoms. The summed E-state index contributed by atoms with van der Waals surface area (Å²) in [5.41, 5.74) is 5.81. The number of aromatic nitrogens is 2. The van der Waals surface area contributed by atoms with Gasteiger partial charge in [-0.05, 0) is 12.3 Å². The maximum absolute atomic E-state index is 6.29. The standard InChI is InChI=1S/C11H21N3O/c1-6-11(12,8(4)5)10-13-9(7(2)3)15-14-10/h7-8H,6,12H2,1-5H3.